The minimum absolute atomic E-state index is 0. The number of carbonyl (C=O) groups is 1. The van der Waals surface area contributed by atoms with Gasteiger partial charge < -0.3 is 20.5 Å². The molecule has 0 aromatic heterocycles. The molecule has 0 heterocycles. The van der Waals surface area contributed by atoms with Gasteiger partial charge >= 0.3 is 0 Å². The van der Waals surface area contributed by atoms with Crippen LogP contribution in [0.2, 0.25) is 0 Å². The maximum atomic E-state index is 12.1. The van der Waals surface area contributed by atoms with E-state index in [0.717, 1.165) is 11.3 Å². The normalized spacial score (nSPS) is 12.6. The second-order valence-corrected chi connectivity index (χ2v) is 7.01. The van der Waals surface area contributed by atoms with Crippen molar-refractivity contribution >= 4 is 24.0 Å². The highest BCUT2D eigenvalue weighted by molar-refractivity contribution is 5.95. The second kappa shape index (κ2) is 10.7. The number of amides is 1. The lowest BCUT2D eigenvalue weighted by Gasteiger charge is -2.25. The molecule has 0 saturated carbocycles. The topological polar surface area (TPSA) is 73.6 Å². The molecule has 1 aromatic carbocycles. The number of halogens is 1. The molecule has 0 aliphatic heterocycles. The summed E-state index contributed by atoms with van der Waals surface area (Å²) in [7, 11) is 0. The first-order chi connectivity index (χ1) is 10.7. The van der Waals surface area contributed by atoms with Gasteiger partial charge in [0.2, 0.25) is 5.91 Å². The molecule has 0 aliphatic carbocycles. The quantitative estimate of drug-likeness (QED) is 0.699. The highest BCUT2D eigenvalue weighted by atomic mass is 35.5. The molecule has 0 saturated heterocycles. The maximum Gasteiger partial charge on any atom is 0.241 e. The summed E-state index contributed by atoms with van der Waals surface area (Å²) in [5, 5.41) is 2.86. The molecule has 0 unspecified atom stereocenters. The molecule has 3 N–H and O–H groups in total. The van der Waals surface area contributed by atoms with Crippen LogP contribution in [0.5, 0.6) is 0 Å². The third-order valence-corrected chi connectivity index (χ3v) is 3.36. The molecule has 0 spiro atoms. The number of anilines is 1. The van der Waals surface area contributed by atoms with E-state index in [1.54, 1.807) is 0 Å². The van der Waals surface area contributed by atoms with E-state index in [-0.39, 0.29) is 29.8 Å². The standard InChI is InChI=1S/C18H30N2O3.ClH/c1-13(2)23-10-9-22-12-14-7-6-8-15(11-14)20-17(21)16(19)18(3,4)5;/h6-8,11,13,16H,9-10,12,19H2,1-5H3,(H,20,21);1H/t16-;/m1./s1. The van der Waals surface area contributed by atoms with Crippen LogP contribution in [0.4, 0.5) is 5.69 Å². The Hall–Kier alpha value is -1.14. The average molecular weight is 359 g/mol. The van der Waals surface area contributed by atoms with Crippen molar-refractivity contribution in [3.63, 3.8) is 0 Å². The molecule has 1 rings (SSSR count). The Morgan fingerprint density at radius 2 is 1.92 bits per heavy atom. The number of rotatable bonds is 8. The zero-order valence-corrected chi connectivity index (χ0v) is 16.1. The van der Waals surface area contributed by atoms with Crippen LogP contribution >= 0.6 is 12.4 Å². The van der Waals surface area contributed by atoms with E-state index in [0.29, 0.717) is 19.8 Å². The van der Waals surface area contributed by atoms with E-state index < -0.39 is 6.04 Å². The number of hydrogen-bond donors (Lipinski definition) is 2. The van der Waals surface area contributed by atoms with Gasteiger partial charge in [-0.1, -0.05) is 32.9 Å². The summed E-state index contributed by atoms with van der Waals surface area (Å²) in [6.45, 7) is 11.4. The molecule has 1 atom stereocenters. The van der Waals surface area contributed by atoms with Gasteiger partial charge in [0.1, 0.15) is 0 Å². The van der Waals surface area contributed by atoms with Crippen molar-refractivity contribution < 1.29 is 14.3 Å². The molecule has 1 aromatic rings. The Morgan fingerprint density at radius 3 is 2.50 bits per heavy atom. The van der Waals surface area contributed by atoms with Gasteiger partial charge in [-0.05, 0) is 37.0 Å². The molecule has 5 nitrogen and oxygen atoms in total. The number of benzene rings is 1. The van der Waals surface area contributed by atoms with Crippen LogP contribution in [0.15, 0.2) is 24.3 Å². The van der Waals surface area contributed by atoms with Crippen molar-refractivity contribution in [3.05, 3.63) is 29.8 Å². The summed E-state index contributed by atoms with van der Waals surface area (Å²) in [4.78, 5) is 12.1. The van der Waals surface area contributed by atoms with E-state index in [2.05, 4.69) is 5.32 Å². The largest absolute Gasteiger partial charge is 0.376 e. The number of ether oxygens (including phenoxy) is 2. The maximum absolute atomic E-state index is 12.1. The molecule has 6 heteroatoms. The predicted octanol–water partition coefficient (Wildman–Crippen LogP) is 3.36. The molecule has 24 heavy (non-hydrogen) atoms. The fourth-order valence-electron chi connectivity index (χ4n) is 1.88. The molecule has 0 fully saturated rings. The lowest BCUT2D eigenvalue weighted by Crippen LogP contribution is -2.45. The number of hydrogen-bond acceptors (Lipinski definition) is 4. The summed E-state index contributed by atoms with van der Waals surface area (Å²) in [5.41, 5.74) is 7.42. The van der Waals surface area contributed by atoms with Crippen molar-refractivity contribution in [1.29, 1.82) is 0 Å². The molecule has 1 amide bonds. The second-order valence-electron chi connectivity index (χ2n) is 7.01. The number of nitrogens with two attached hydrogens (primary N) is 1. The Bertz CT molecular complexity index is 501. The zero-order valence-electron chi connectivity index (χ0n) is 15.3. The summed E-state index contributed by atoms with van der Waals surface area (Å²) in [6.07, 6.45) is 0.212. The highest BCUT2D eigenvalue weighted by Gasteiger charge is 2.27. The first kappa shape index (κ1) is 22.9. The van der Waals surface area contributed by atoms with E-state index in [1.807, 2.05) is 58.9 Å². The third kappa shape index (κ3) is 8.64. The van der Waals surface area contributed by atoms with Gasteiger partial charge in [0, 0.05) is 5.69 Å². The summed E-state index contributed by atoms with van der Waals surface area (Å²) < 4.78 is 11.0. The van der Waals surface area contributed by atoms with Crippen molar-refractivity contribution in [2.75, 3.05) is 18.5 Å². The zero-order chi connectivity index (χ0) is 17.5. The van der Waals surface area contributed by atoms with E-state index >= 15 is 0 Å². The van der Waals surface area contributed by atoms with Crippen LogP contribution in [0, 0.1) is 5.41 Å². The van der Waals surface area contributed by atoms with E-state index in [9.17, 15) is 4.79 Å². The van der Waals surface area contributed by atoms with Gasteiger partial charge in [-0.3, -0.25) is 4.79 Å². The average Bonchev–Trinajstić information content (AvgIpc) is 2.45. The van der Waals surface area contributed by atoms with Crippen molar-refractivity contribution in [2.24, 2.45) is 11.1 Å². The Balaban J connectivity index is 0.00000529. The van der Waals surface area contributed by atoms with Crippen LogP contribution in [0.3, 0.4) is 0 Å². The van der Waals surface area contributed by atoms with Gasteiger partial charge in [0.05, 0.1) is 32.0 Å². The molecular weight excluding hydrogens is 328 g/mol. The lowest BCUT2D eigenvalue weighted by molar-refractivity contribution is -0.119. The van der Waals surface area contributed by atoms with Crippen molar-refractivity contribution in [1.82, 2.24) is 0 Å². The molecule has 0 bridgehead atoms. The summed E-state index contributed by atoms with van der Waals surface area (Å²) in [6, 6.07) is 7.04. The highest BCUT2D eigenvalue weighted by Crippen LogP contribution is 2.19. The minimum Gasteiger partial charge on any atom is -0.376 e. The molecule has 0 aliphatic rings. The van der Waals surface area contributed by atoms with Crippen LogP contribution < -0.4 is 11.1 Å². The Morgan fingerprint density at radius 1 is 1.25 bits per heavy atom. The smallest absolute Gasteiger partial charge is 0.241 e. The van der Waals surface area contributed by atoms with E-state index in [1.165, 1.54) is 0 Å². The molecule has 138 valence electrons. The van der Waals surface area contributed by atoms with Gasteiger partial charge in [-0.2, -0.15) is 0 Å². The summed E-state index contributed by atoms with van der Waals surface area (Å²) in [5.74, 6) is -0.180. The fraction of sp³-hybridized carbons (Fsp3) is 0.611. The van der Waals surface area contributed by atoms with Gasteiger partial charge in [0.25, 0.3) is 0 Å². The predicted molar refractivity (Wildman–Crippen MR) is 100 cm³/mol. The van der Waals surface area contributed by atoms with Crippen molar-refractivity contribution in [3.8, 4) is 0 Å². The Kier molecular flexibility index (Phi) is 10.2. The van der Waals surface area contributed by atoms with Gasteiger partial charge in [0.15, 0.2) is 0 Å². The Labute approximate surface area is 151 Å². The molecule has 0 radical (unpaired) electrons. The number of nitrogens with one attached hydrogen (secondary N) is 1. The lowest BCUT2D eigenvalue weighted by atomic mass is 9.87. The monoisotopic (exact) mass is 358 g/mol. The summed E-state index contributed by atoms with van der Waals surface area (Å²) >= 11 is 0. The van der Waals surface area contributed by atoms with Crippen LogP contribution in [-0.4, -0.2) is 31.3 Å². The van der Waals surface area contributed by atoms with E-state index in [4.69, 9.17) is 15.2 Å². The van der Waals surface area contributed by atoms with Gasteiger partial charge in [-0.15, -0.1) is 12.4 Å². The first-order valence-corrected chi connectivity index (χ1v) is 8.05. The third-order valence-electron chi connectivity index (χ3n) is 3.36. The fourth-order valence-corrected chi connectivity index (χ4v) is 1.88. The first-order valence-electron chi connectivity index (χ1n) is 8.05. The SMILES string of the molecule is CC(C)OCCOCc1cccc(NC(=O)[C@@H](N)C(C)(C)C)c1.Cl. The van der Waals surface area contributed by atoms with Crippen LogP contribution in [-0.2, 0) is 20.9 Å². The van der Waals surface area contributed by atoms with Gasteiger partial charge in [-0.25, -0.2) is 0 Å². The minimum atomic E-state index is -0.560. The molecular formula is C18H31ClN2O3. The van der Waals surface area contributed by atoms with Crippen LogP contribution in [0.25, 0.3) is 0 Å². The number of carbonyl (C=O) groups excluding carboxylic acids is 1. The van der Waals surface area contributed by atoms with Crippen molar-refractivity contribution in [2.45, 2.75) is 53.4 Å². The van der Waals surface area contributed by atoms with Crippen LogP contribution in [0.1, 0.15) is 40.2 Å².